The summed E-state index contributed by atoms with van der Waals surface area (Å²) in [6.07, 6.45) is 5.31. The normalized spacial score (nSPS) is 15.1. The molecular weight excluding hydrogens is 344 g/mol. The molecule has 3 heterocycles. The highest BCUT2D eigenvalue weighted by Crippen LogP contribution is 2.25. The molecule has 0 bridgehead atoms. The monoisotopic (exact) mass is 366 g/mol. The van der Waals surface area contributed by atoms with Crippen molar-refractivity contribution in [1.29, 1.82) is 0 Å². The summed E-state index contributed by atoms with van der Waals surface area (Å²) < 4.78 is 12.8. The van der Waals surface area contributed by atoms with Crippen molar-refractivity contribution in [2.75, 3.05) is 25.1 Å². The molecule has 1 aliphatic heterocycles. The van der Waals surface area contributed by atoms with Crippen LogP contribution in [0.2, 0.25) is 0 Å². The highest BCUT2D eigenvalue weighted by atomic mass is 16.5. The van der Waals surface area contributed by atoms with Gasteiger partial charge >= 0.3 is 0 Å². The molecule has 0 saturated carbocycles. The van der Waals surface area contributed by atoms with Crippen LogP contribution in [0.3, 0.4) is 0 Å². The van der Waals surface area contributed by atoms with E-state index in [0.717, 1.165) is 48.8 Å². The van der Waals surface area contributed by atoms with Crippen LogP contribution < -0.4 is 19.9 Å². The Morgan fingerprint density at radius 1 is 1.07 bits per heavy atom. The minimum absolute atomic E-state index is 0.117. The average molecular weight is 366 g/mol. The summed E-state index contributed by atoms with van der Waals surface area (Å²) in [6.45, 7) is 3.67. The summed E-state index contributed by atoms with van der Waals surface area (Å²) in [5, 5.41) is 0. The largest absolute Gasteiger partial charge is 0.497 e. The molecule has 1 saturated heterocycles. The van der Waals surface area contributed by atoms with Crippen LogP contribution in [0, 0.1) is 6.92 Å². The third kappa shape index (κ3) is 3.58. The van der Waals surface area contributed by atoms with E-state index in [1.54, 1.807) is 7.11 Å². The minimum atomic E-state index is -0.117. The number of fused-ring (bicyclic) bond motifs is 1. The van der Waals surface area contributed by atoms with Crippen LogP contribution in [-0.2, 0) is 0 Å². The van der Waals surface area contributed by atoms with Gasteiger partial charge in [-0.05, 0) is 31.2 Å². The molecule has 2 aromatic heterocycles. The predicted molar refractivity (Wildman–Crippen MR) is 103 cm³/mol. The van der Waals surface area contributed by atoms with Crippen molar-refractivity contribution in [3.05, 3.63) is 58.6 Å². The SMILES string of the molecule is COc1ccc(OC2CCN(c3nc4nccc(=O)n4cc3C)CC2)cc1. The van der Waals surface area contributed by atoms with Crippen molar-refractivity contribution >= 4 is 11.6 Å². The molecule has 7 heteroatoms. The third-order valence-corrected chi connectivity index (χ3v) is 4.85. The average Bonchev–Trinajstić information content (AvgIpc) is 2.70. The predicted octanol–water partition coefficient (Wildman–Crippen LogP) is 2.45. The molecule has 0 amide bonds. The van der Waals surface area contributed by atoms with Gasteiger partial charge in [0.15, 0.2) is 0 Å². The molecule has 0 N–H and O–H groups in total. The van der Waals surface area contributed by atoms with Crippen LogP contribution >= 0.6 is 0 Å². The Balaban J connectivity index is 1.45. The van der Waals surface area contributed by atoms with Gasteiger partial charge in [-0.3, -0.25) is 9.20 Å². The maximum atomic E-state index is 11.9. The summed E-state index contributed by atoms with van der Waals surface area (Å²) in [4.78, 5) is 23.0. The van der Waals surface area contributed by atoms with Gasteiger partial charge in [0.05, 0.1) is 7.11 Å². The lowest BCUT2D eigenvalue weighted by molar-refractivity contribution is 0.170. The number of anilines is 1. The second kappa shape index (κ2) is 7.26. The summed E-state index contributed by atoms with van der Waals surface area (Å²) in [7, 11) is 1.65. The molecule has 1 aromatic carbocycles. The summed E-state index contributed by atoms with van der Waals surface area (Å²) >= 11 is 0. The summed E-state index contributed by atoms with van der Waals surface area (Å²) in [6, 6.07) is 9.12. The Bertz CT molecular complexity index is 992. The Labute approximate surface area is 157 Å². The lowest BCUT2D eigenvalue weighted by Gasteiger charge is -2.33. The number of rotatable bonds is 4. The van der Waals surface area contributed by atoms with E-state index >= 15 is 0 Å². The number of nitrogens with zero attached hydrogens (tertiary/aromatic N) is 4. The van der Waals surface area contributed by atoms with Crippen LogP contribution in [0.5, 0.6) is 11.5 Å². The topological polar surface area (TPSA) is 69.0 Å². The van der Waals surface area contributed by atoms with Gasteiger partial charge in [-0.15, -0.1) is 0 Å². The zero-order chi connectivity index (χ0) is 18.8. The molecule has 3 aromatic rings. The number of methoxy groups -OCH3 is 1. The Hall–Kier alpha value is -3.09. The van der Waals surface area contributed by atoms with Gasteiger partial charge in [0.1, 0.15) is 23.4 Å². The Kier molecular flexibility index (Phi) is 4.66. The van der Waals surface area contributed by atoms with E-state index in [1.165, 1.54) is 16.7 Å². The van der Waals surface area contributed by atoms with Crippen LogP contribution in [-0.4, -0.2) is 40.7 Å². The Morgan fingerprint density at radius 3 is 2.48 bits per heavy atom. The number of aryl methyl sites for hydroxylation is 1. The first-order valence-corrected chi connectivity index (χ1v) is 9.05. The Morgan fingerprint density at radius 2 is 1.78 bits per heavy atom. The van der Waals surface area contributed by atoms with Gasteiger partial charge in [0.2, 0.25) is 5.78 Å². The van der Waals surface area contributed by atoms with E-state index in [1.807, 2.05) is 37.4 Å². The number of ether oxygens (including phenoxy) is 2. The molecule has 4 rings (SSSR count). The molecule has 0 aliphatic carbocycles. The van der Waals surface area contributed by atoms with E-state index < -0.39 is 0 Å². The van der Waals surface area contributed by atoms with Crippen LogP contribution in [0.4, 0.5) is 5.82 Å². The molecule has 0 atom stereocenters. The van der Waals surface area contributed by atoms with Gasteiger partial charge in [-0.2, -0.15) is 4.98 Å². The lowest BCUT2D eigenvalue weighted by Crippen LogP contribution is -2.39. The number of piperidine rings is 1. The molecule has 7 nitrogen and oxygen atoms in total. The summed E-state index contributed by atoms with van der Waals surface area (Å²) in [5.41, 5.74) is 0.848. The quantitative estimate of drug-likeness (QED) is 0.706. The first-order chi connectivity index (χ1) is 13.1. The molecule has 1 aliphatic rings. The fourth-order valence-corrected chi connectivity index (χ4v) is 3.40. The molecule has 0 spiro atoms. The standard InChI is InChI=1S/C20H22N4O3/c1-14-13-24-18(25)7-10-21-20(24)22-19(14)23-11-8-17(9-12-23)27-16-5-3-15(26-2)4-6-16/h3-7,10,13,17H,8-9,11-12H2,1-2H3. The smallest absolute Gasteiger partial charge is 0.259 e. The highest BCUT2D eigenvalue weighted by Gasteiger charge is 2.23. The lowest BCUT2D eigenvalue weighted by atomic mass is 10.1. The number of aromatic nitrogens is 3. The van der Waals surface area contributed by atoms with Crippen LogP contribution in [0.15, 0.2) is 47.5 Å². The second-order valence-corrected chi connectivity index (χ2v) is 6.68. The first kappa shape index (κ1) is 17.3. The van der Waals surface area contributed by atoms with E-state index in [-0.39, 0.29) is 11.7 Å². The van der Waals surface area contributed by atoms with Crippen LogP contribution in [0.25, 0.3) is 5.78 Å². The van der Waals surface area contributed by atoms with Gasteiger partial charge in [-0.25, -0.2) is 4.98 Å². The van der Waals surface area contributed by atoms with Crippen molar-refractivity contribution < 1.29 is 9.47 Å². The fourth-order valence-electron chi connectivity index (χ4n) is 3.40. The maximum absolute atomic E-state index is 11.9. The van der Waals surface area contributed by atoms with Crippen molar-refractivity contribution in [1.82, 2.24) is 14.4 Å². The second-order valence-electron chi connectivity index (χ2n) is 6.68. The van der Waals surface area contributed by atoms with Crippen LogP contribution in [0.1, 0.15) is 18.4 Å². The number of benzene rings is 1. The first-order valence-electron chi connectivity index (χ1n) is 9.05. The maximum Gasteiger partial charge on any atom is 0.259 e. The zero-order valence-corrected chi connectivity index (χ0v) is 15.5. The number of hydrogen-bond donors (Lipinski definition) is 0. The molecule has 0 unspecified atom stereocenters. The van der Waals surface area contributed by atoms with Gasteiger partial charge in [0, 0.05) is 50.0 Å². The molecule has 1 fully saturated rings. The highest BCUT2D eigenvalue weighted by molar-refractivity contribution is 5.50. The van der Waals surface area contributed by atoms with E-state index in [2.05, 4.69) is 14.9 Å². The van der Waals surface area contributed by atoms with Crippen molar-refractivity contribution in [3.8, 4) is 11.5 Å². The fraction of sp³-hybridized carbons (Fsp3) is 0.350. The zero-order valence-electron chi connectivity index (χ0n) is 15.5. The van der Waals surface area contributed by atoms with E-state index in [0.29, 0.717) is 5.78 Å². The van der Waals surface area contributed by atoms with Crippen molar-refractivity contribution in [2.45, 2.75) is 25.9 Å². The summed E-state index contributed by atoms with van der Waals surface area (Å²) in [5.74, 6) is 3.00. The molecular formula is C20H22N4O3. The van der Waals surface area contributed by atoms with Crippen molar-refractivity contribution in [2.24, 2.45) is 0 Å². The van der Waals surface area contributed by atoms with Gasteiger partial charge in [-0.1, -0.05) is 0 Å². The molecule has 27 heavy (non-hydrogen) atoms. The third-order valence-electron chi connectivity index (χ3n) is 4.85. The van der Waals surface area contributed by atoms with E-state index in [4.69, 9.17) is 9.47 Å². The van der Waals surface area contributed by atoms with E-state index in [9.17, 15) is 4.79 Å². The van der Waals surface area contributed by atoms with Crippen molar-refractivity contribution in [3.63, 3.8) is 0 Å². The van der Waals surface area contributed by atoms with Gasteiger partial charge in [0.25, 0.3) is 5.56 Å². The number of hydrogen-bond acceptors (Lipinski definition) is 6. The van der Waals surface area contributed by atoms with Gasteiger partial charge < -0.3 is 14.4 Å². The molecule has 140 valence electrons. The minimum Gasteiger partial charge on any atom is -0.497 e. The molecule has 0 radical (unpaired) electrons.